The Bertz CT molecular complexity index is 894. The van der Waals surface area contributed by atoms with Crippen LogP contribution in [-0.2, 0) is 4.74 Å². The zero-order valence-electron chi connectivity index (χ0n) is 13.7. The molecule has 0 aliphatic heterocycles. The highest BCUT2D eigenvalue weighted by molar-refractivity contribution is 6.06. The van der Waals surface area contributed by atoms with Crippen LogP contribution in [0.15, 0.2) is 42.5 Å². The summed E-state index contributed by atoms with van der Waals surface area (Å²) in [4.78, 5) is 45.8. The molecule has 0 unspecified atom stereocenters. The second-order valence-electron chi connectivity index (χ2n) is 5.15. The average molecular weight is 357 g/mol. The van der Waals surface area contributed by atoms with Gasteiger partial charge in [0.2, 0.25) is 5.91 Å². The van der Waals surface area contributed by atoms with Crippen LogP contribution in [-0.4, -0.2) is 29.3 Å². The minimum absolute atomic E-state index is 0.0863. The maximum atomic E-state index is 12.4. The van der Waals surface area contributed by atoms with Crippen molar-refractivity contribution in [3.05, 3.63) is 69.3 Å². The van der Waals surface area contributed by atoms with Gasteiger partial charge in [0.05, 0.1) is 17.1 Å². The zero-order valence-corrected chi connectivity index (χ0v) is 13.7. The van der Waals surface area contributed by atoms with Crippen molar-refractivity contribution in [2.75, 3.05) is 11.9 Å². The number of carbonyl (C=O) groups is 3. The summed E-state index contributed by atoms with van der Waals surface area (Å²) in [6.07, 6.45) is 0. The predicted molar refractivity (Wildman–Crippen MR) is 92.0 cm³/mol. The number of carbonyl (C=O) groups excluding carboxylic acids is 3. The number of nitro benzene ring substituents is 1. The van der Waals surface area contributed by atoms with Crippen molar-refractivity contribution in [1.82, 2.24) is 0 Å². The number of nitrogens with one attached hydrogen (secondary N) is 1. The maximum Gasteiger partial charge on any atom is 0.338 e. The number of ether oxygens (including phenoxy) is 1. The van der Waals surface area contributed by atoms with E-state index in [2.05, 4.69) is 5.32 Å². The number of benzene rings is 2. The van der Waals surface area contributed by atoms with Gasteiger partial charge in [0, 0.05) is 28.9 Å². The number of rotatable bonds is 6. The molecule has 2 aromatic rings. The number of anilines is 1. The Morgan fingerprint density at radius 3 is 2.42 bits per heavy atom. The molecule has 0 bridgehead atoms. The highest BCUT2D eigenvalue weighted by atomic mass is 16.6. The fourth-order valence-corrected chi connectivity index (χ4v) is 2.13. The van der Waals surface area contributed by atoms with Crippen LogP contribution in [0.3, 0.4) is 0 Å². The van der Waals surface area contributed by atoms with Gasteiger partial charge in [-0.1, -0.05) is 6.07 Å². The van der Waals surface area contributed by atoms with Crippen molar-refractivity contribution in [2.24, 2.45) is 5.73 Å². The molecule has 0 aliphatic carbocycles. The first-order valence-corrected chi connectivity index (χ1v) is 7.49. The molecule has 3 N–H and O–H groups in total. The molecule has 0 saturated heterocycles. The van der Waals surface area contributed by atoms with E-state index >= 15 is 0 Å². The van der Waals surface area contributed by atoms with E-state index in [9.17, 15) is 24.5 Å². The maximum absolute atomic E-state index is 12.4. The molecule has 9 heteroatoms. The monoisotopic (exact) mass is 357 g/mol. The highest BCUT2D eigenvalue weighted by Gasteiger charge is 2.19. The second-order valence-corrected chi connectivity index (χ2v) is 5.15. The molecule has 0 atom stereocenters. The van der Waals surface area contributed by atoms with E-state index in [-0.39, 0.29) is 29.0 Å². The lowest BCUT2D eigenvalue weighted by Crippen LogP contribution is -2.15. The summed E-state index contributed by atoms with van der Waals surface area (Å²) in [6.45, 7) is 1.68. The van der Waals surface area contributed by atoms with Gasteiger partial charge in [-0.2, -0.15) is 0 Å². The summed E-state index contributed by atoms with van der Waals surface area (Å²) in [7, 11) is 0. The van der Waals surface area contributed by atoms with E-state index in [1.807, 2.05) is 0 Å². The van der Waals surface area contributed by atoms with Gasteiger partial charge in [-0.05, 0) is 31.2 Å². The fourth-order valence-electron chi connectivity index (χ4n) is 2.13. The van der Waals surface area contributed by atoms with E-state index in [4.69, 9.17) is 10.5 Å². The minimum atomic E-state index is -0.777. The van der Waals surface area contributed by atoms with E-state index in [0.717, 1.165) is 12.1 Å². The number of amides is 2. The van der Waals surface area contributed by atoms with Crippen molar-refractivity contribution in [3.8, 4) is 0 Å². The fraction of sp³-hybridized carbons (Fsp3) is 0.118. The minimum Gasteiger partial charge on any atom is -0.462 e. The molecule has 0 fully saturated rings. The molecule has 2 amide bonds. The molecule has 0 heterocycles. The number of nitro groups is 1. The van der Waals surface area contributed by atoms with E-state index in [1.54, 1.807) is 6.92 Å². The number of nitrogens with two attached hydrogens (primary N) is 1. The molecule has 0 radical (unpaired) electrons. The normalized spacial score (nSPS) is 10.0. The number of primary amides is 1. The third kappa shape index (κ3) is 4.41. The van der Waals surface area contributed by atoms with Crippen molar-refractivity contribution in [3.63, 3.8) is 0 Å². The van der Waals surface area contributed by atoms with Gasteiger partial charge in [0.1, 0.15) is 0 Å². The highest BCUT2D eigenvalue weighted by Crippen LogP contribution is 2.20. The van der Waals surface area contributed by atoms with Crippen LogP contribution >= 0.6 is 0 Å². The van der Waals surface area contributed by atoms with Gasteiger partial charge in [-0.25, -0.2) is 4.79 Å². The Morgan fingerprint density at radius 1 is 1.12 bits per heavy atom. The Morgan fingerprint density at radius 2 is 1.81 bits per heavy atom. The van der Waals surface area contributed by atoms with E-state index in [0.29, 0.717) is 0 Å². The summed E-state index contributed by atoms with van der Waals surface area (Å²) in [5, 5.41) is 13.6. The third-order valence-electron chi connectivity index (χ3n) is 3.31. The Kier molecular flexibility index (Phi) is 5.63. The molecule has 134 valence electrons. The molecule has 0 aliphatic rings. The van der Waals surface area contributed by atoms with Crippen molar-refractivity contribution in [2.45, 2.75) is 6.92 Å². The summed E-state index contributed by atoms with van der Waals surface area (Å²) < 4.78 is 4.81. The van der Waals surface area contributed by atoms with E-state index in [1.165, 1.54) is 30.3 Å². The quantitative estimate of drug-likeness (QED) is 0.461. The van der Waals surface area contributed by atoms with Crippen LogP contribution in [0.1, 0.15) is 38.0 Å². The van der Waals surface area contributed by atoms with Gasteiger partial charge in [-0.3, -0.25) is 19.7 Å². The lowest BCUT2D eigenvalue weighted by atomic mass is 10.1. The van der Waals surface area contributed by atoms with Crippen LogP contribution in [0, 0.1) is 10.1 Å². The molecule has 0 spiro atoms. The predicted octanol–water partition coefficient (Wildman–Crippen LogP) is 2.12. The van der Waals surface area contributed by atoms with Gasteiger partial charge < -0.3 is 15.8 Å². The Labute approximate surface area is 147 Å². The second kappa shape index (κ2) is 7.88. The standard InChI is InChI=1S/C17H15N3O6/c1-2-26-17(23)12-6-11(8-14(9-12)20(24)25)16(22)19-13-5-3-4-10(7-13)15(18)21/h3-9H,2H2,1H3,(H2,18,21)(H,19,22). The smallest absolute Gasteiger partial charge is 0.338 e. The first-order chi connectivity index (χ1) is 12.3. The molecular weight excluding hydrogens is 342 g/mol. The average Bonchev–Trinajstić information content (AvgIpc) is 2.61. The first-order valence-electron chi connectivity index (χ1n) is 7.49. The molecule has 26 heavy (non-hydrogen) atoms. The lowest BCUT2D eigenvalue weighted by molar-refractivity contribution is -0.384. The number of non-ortho nitro benzene ring substituents is 1. The molecule has 2 rings (SSSR count). The van der Waals surface area contributed by atoms with Crippen LogP contribution in [0.5, 0.6) is 0 Å². The third-order valence-corrected chi connectivity index (χ3v) is 3.31. The molecule has 0 aromatic heterocycles. The van der Waals surface area contributed by atoms with Crippen LogP contribution < -0.4 is 11.1 Å². The number of hydrogen-bond donors (Lipinski definition) is 2. The lowest BCUT2D eigenvalue weighted by Gasteiger charge is -2.08. The van der Waals surface area contributed by atoms with Crippen molar-refractivity contribution in [1.29, 1.82) is 0 Å². The summed E-state index contributed by atoms with van der Waals surface area (Å²) in [6, 6.07) is 9.14. The van der Waals surface area contributed by atoms with Gasteiger partial charge in [0.25, 0.3) is 11.6 Å². The number of hydrogen-bond acceptors (Lipinski definition) is 6. The van der Waals surface area contributed by atoms with Crippen LogP contribution in [0.2, 0.25) is 0 Å². The Hall–Kier alpha value is -3.75. The van der Waals surface area contributed by atoms with Crippen LogP contribution in [0.4, 0.5) is 11.4 Å². The molecular formula is C17H15N3O6. The van der Waals surface area contributed by atoms with Crippen molar-refractivity contribution >= 4 is 29.2 Å². The van der Waals surface area contributed by atoms with Gasteiger partial charge >= 0.3 is 5.97 Å². The Balaban J connectivity index is 2.35. The van der Waals surface area contributed by atoms with Gasteiger partial charge in [0.15, 0.2) is 0 Å². The number of nitrogens with zero attached hydrogens (tertiary/aromatic N) is 1. The summed E-state index contributed by atoms with van der Waals surface area (Å²) in [5.74, 6) is -2.14. The summed E-state index contributed by atoms with van der Waals surface area (Å²) >= 11 is 0. The summed E-state index contributed by atoms with van der Waals surface area (Å²) in [5.41, 5.74) is 5.00. The number of esters is 1. The van der Waals surface area contributed by atoms with E-state index < -0.39 is 28.4 Å². The van der Waals surface area contributed by atoms with Crippen LogP contribution in [0.25, 0.3) is 0 Å². The SMILES string of the molecule is CCOC(=O)c1cc(C(=O)Nc2cccc(C(N)=O)c2)cc([N+](=O)[O-])c1. The largest absolute Gasteiger partial charge is 0.462 e. The van der Waals surface area contributed by atoms with Gasteiger partial charge in [-0.15, -0.1) is 0 Å². The zero-order chi connectivity index (χ0) is 19.3. The molecule has 9 nitrogen and oxygen atoms in total. The topological polar surface area (TPSA) is 142 Å². The molecule has 0 saturated carbocycles. The first kappa shape index (κ1) is 18.6. The molecule has 2 aromatic carbocycles. The van der Waals surface area contributed by atoms with Crippen molar-refractivity contribution < 1.29 is 24.0 Å².